The van der Waals surface area contributed by atoms with Crippen molar-refractivity contribution in [3.8, 4) is 0 Å². The second-order valence-corrected chi connectivity index (χ2v) is 5.54. The summed E-state index contributed by atoms with van der Waals surface area (Å²) < 4.78 is 0. The van der Waals surface area contributed by atoms with E-state index in [9.17, 15) is 0 Å². The minimum absolute atomic E-state index is 0.854. The maximum Gasteiger partial charge on any atom is 0.0455 e. The molecule has 2 aromatic rings. The molecule has 0 aliphatic carbocycles. The van der Waals surface area contributed by atoms with Crippen LogP contribution in [-0.4, -0.2) is 23.0 Å². The van der Waals surface area contributed by atoms with Crippen molar-refractivity contribution in [3.63, 3.8) is 0 Å². The summed E-state index contributed by atoms with van der Waals surface area (Å²) in [4.78, 5) is 3.21. The summed E-state index contributed by atoms with van der Waals surface area (Å²) in [6.07, 6.45) is 3.35. The standard InChI is InChI=1S/C13H16N2S/c1-2-13-11(3-5-14-13)7-12(1)15-8-10-4-6-16-9-10/h1-3,5,7,10,14-15H,4,6,8-9H2. The second-order valence-electron chi connectivity index (χ2n) is 4.39. The van der Waals surface area contributed by atoms with E-state index >= 15 is 0 Å². The summed E-state index contributed by atoms with van der Waals surface area (Å²) in [7, 11) is 0. The molecule has 16 heavy (non-hydrogen) atoms. The normalized spacial score (nSPS) is 20.4. The summed E-state index contributed by atoms with van der Waals surface area (Å²) in [6, 6.07) is 8.63. The minimum atomic E-state index is 0.854. The Balaban J connectivity index is 1.68. The zero-order valence-electron chi connectivity index (χ0n) is 9.20. The third-order valence-electron chi connectivity index (χ3n) is 3.17. The molecule has 1 unspecified atom stereocenters. The van der Waals surface area contributed by atoms with Gasteiger partial charge in [-0.2, -0.15) is 11.8 Å². The molecule has 1 aromatic heterocycles. The van der Waals surface area contributed by atoms with E-state index in [0.717, 1.165) is 12.5 Å². The summed E-state index contributed by atoms with van der Waals surface area (Å²) in [5.74, 6) is 3.51. The van der Waals surface area contributed by atoms with Crippen molar-refractivity contribution in [3.05, 3.63) is 30.5 Å². The number of anilines is 1. The van der Waals surface area contributed by atoms with Gasteiger partial charge in [0.05, 0.1) is 0 Å². The van der Waals surface area contributed by atoms with E-state index < -0.39 is 0 Å². The summed E-state index contributed by atoms with van der Waals surface area (Å²) >= 11 is 2.08. The third kappa shape index (κ3) is 2.05. The zero-order valence-corrected chi connectivity index (χ0v) is 10.0. The summed E-state index contributed by atoms with van der Waals surface area (Å²) in [5, 5.41) is 4.82. The van der Waals surface area contributed by atoms with Crippen LogP contribution in [0.1, 0.15) is 6.42 Å². The van der Waals surface area contributed by atoms with Crippen LogP contribution in [0, 0.1) is 5.92 Å². The van der Waals surface area contributed by atoms with Crippen LogP contribution in [0.15, 0.2) is 30.5 Å². The highest BCUT2D eigenvalue weighted by atomic mass is 32.2. The van der Waals surface area contributed by atoms with Crippen LogP contribution < -0.4 is 5.32 Å². The lowest BCUT2D eigenvalue weighted by molar-refractivity contribution is 0.632. The van der Waals surface area contributed by atoms with Crippen molar-refractivity contribution < 1.29 is 0 Å². The number of H-pyrrole nitrogens is 1. The van der Waals surface area contributed by atoms with Crippen LogP contribution in [0.25, 0.3) is 10.9 Å². The molecule has 2 heterocycles. The molecule has 84 valence electrons. The molecular weight excluding hydrogens is 216 g/mol. The van der Waals surface area contributed by atoms with Gasteiger partial charge in [0, 0.05) is 29.3 Å². The highest BCUT2D eigenvalue weighted by Crippen LogP contribution is 2.24. The van der Waals surface area contributed by atoms with Gasteiger partial charge in [-0.05, 0) is 48.1 Å². The van der Waals surface area contributed by atoms with E-state index in [1.54, 1.807) is 0 Å². The van der Waals surface area contributed by atoms with Crippen molar-refractivity contribution in [2.45, 2.75) is 6.42 Å². The summed E-state index contributed by atoms with van der Waals surface area (Å²) in [6.45, 7) is 1.11. The van der Waals surface area contributed by atoms with Crippen LogP contribution in [0.3, 0.4) is 0 Å². The molecule has 1 saturated heterocycles. The number of thioether (sulfide) groups is 1. The van der Waals surface area contributed by atoms with Gasteiger partial charge in [-0.15, -0.1) is 0 Å². The monoisotopic (exact) mass is 232 g/mol. The van der Waals surface area contributed by atoms with Crippen LogP contribution in [0.4, 0.5) is 5.69 Å². The van der Waals surface area contributed by atoms with E-state index in [1.807, 2.05) is 6.20 Å². The lowest BCUT2D eigenvalue weighted by Crippen LogP contribution is -2.13. The first-order chi connectivity index (χ1) is 7.92. The molecule has 3 heteroatoms. The molecule has 1 aliphatic rings. The lowest BCUT2D eigenvalue weighted by atomic mass is 10.1. The number of fused-ring (bicyclic) bond motifs is 1. The zero-order chi connectivity index (χ0) is 10.8. The van der Waals surface area contributed by atoms with Gasteiger partial charge < -0.3 is 10.3 Å². The fourth-order valence-electron chi connectivity index (χ4n) is 2.17. The fraction of sp³-hybridized carbons (Fsp3) is 0.385. The number of aromatic amines is 1. The number of benzene rings is 1. The Hall–Kier alpha value is -1.09. The topological polar surface area (TPSA) is 27.8 Å². The predicted octanol–water partition coefficient (Wildman–Crippen LogP) is 3.33. The largest absolute Gasteiger partial charge is 0.385 e. The van der Waals surface area contributed by atoms with E-state index in [1.165, 1.54) is 34.5 Å². The van der Waals surface area contributed by atoms with Crippen molar-refractivity contribution >= 4 is 28.4 Å². The van der Waals surface area contributed by atoms with Crippen LogP contribution in [0.2, 0.25) is 0 Å². The van der Waals surface area contributed by atoms with Gasteiger partial charge in [0.15, 0.2) is 0 Å². The Morgan fingerprint density at radius 2 is 2.38 bits per heavy atom. The molecular formula is C13H16N2S. The van der Waals surface area contributed by atoms with Gasteiger partial charge in [-0.25, -0.2) is 0 Å². The molecule has 1 aromatic carbocycles. The Morgan fingerprint density at radius 3 is 3.25 bits per heavy atom. The molecule has 1 atom stereocenters. The van der Waals surface area contributed by atoms with E-state index in [4.69, 9.17) is 0 Å². The number of nitrogens with one attached hydrogen (secondary N) is 2. The molecule has 0 amide bonds. The van der Waals surface area contributed by atoms with Crippen molar-refractivity contribution in [1.82, 2.24) is 4.98 Å². The molecule has 1 aliphatic heterocycles. The Bertz CT molecular complexity index is 471. The molecule has 3 rings (SSSR count). The van der Waals surface area contributed by atoms with Gasteiger partial charge in [-0.3, -0.25) is 0 Å². The third-order valence-corrected chi connectivity index (χ3v) is 4.40. The van der Waals surface area contributed by atoms with Crippen LogP contribution >= 0.6 is 11.8 Å². The Morgan fingerprint density at radius 1 is 1.38 bits per heavy atom. The molecule has 2 N–H and O–H groups in total. The second kappa shape index (κ2) is 4.42. The molecule has 0 radical (unpaired) electrons. The lowest BCUT2D eigenvalue weighted by Gasteiger charge is -2.11. The minimum Gasteiger partial charge on any atom is -0.385 e. The maximum absolute atomic E-state index is 3.54. The SMILES string of the molecule is c1cc2cc(NCC3CCSC3)ccc2[nH]1. The molecule has 0 bridgehead atoms. The first-order valence-electron chi connectivity index (χ1n) is 5.80. The van der Waals surface area contributed by atoms with Gasteiger partial charge >= 0.3 is 0 Å². The Kier molecular flexibility index (Phi) is 2.79. The number of hydrogen-bond acceptors (Lipinski definition) is 2. The molecule has 2 nitrogen and oxygen atoms in total. The van der Waals surface area contributed by atoms with Gasteiger partial charge in [0.2, 0.25) is 0 Å². The molecule has 0 spiro atoms. The smallest absolute Gasteiger partial charge is 0.0455 e. The number of aromatic nitrogens is 1. The predicted molar refractivity (Wildman–Crippen MR) is 72.2 cm³/mol. The van der Waals surface area contributed by atoms with Crippen molar-refractivity contribution in [2.75, 3.05) is 23.4 Å². The van der Waals surface area contributed by atoms with E-state index in [2.05, 4.69) is 46.3 Å². The highest BCUT2D eigenvalue weighted by Gasteiger charge is 2.14. The average Bonchev–Trinajstić information content (AvgIpc) is 2.97. The molecule has 1 fully saturated rings. The maximum atomic E-state index is 3.54. The van der Waals surface area contributed by atoms with Crippen molar-refractivity contribution in [2.24, 2.45) is 5.92 Å². The summed E-state index contributed by atoms with van der Waals surface area (Å²) in [5.41, 5.74) is 2.45. The van der Waals surface area contributed by atoms with E-state index in [-0.39, 0.29) is 0 Å². The van der Waals surface area contributed by atoms with Crippen LogP contribution in [-0.2, 0) is 0 Å². The van der Waals surface area contributed by atoms with Gasteiger partial charge in [-0.1, -0.05) is 0 Å². The highest BCUT2D eigenvalue weighted by molar-refractivity contribution is 7.99. The van der Waals surface area contributed by atoms with Crippen molar-refractivity contribution in [1.29, 1.82) is 0 Å². The first-order valence-corrected chi connectivity index (χ1v) is 6.96. The fourth-order valence-corrected chi connectivity index (χ4v) is 3.45. The Labute approximate surface area is 99.8 Å². The first kappa shape index (κ1) is 10.1. The number of rotatable bonds is 3. The quantitative estimate of drug-likeness (QED) is 0.849. The van der Waals surface area contributed by atoms with Gasteiger partial charge in [0.25, 0.3) is 0 Å². The number of hydrogen-bond donors (Lipinski definition) is 2. The average molecular weight is 232 g/mol. The molecule has 0 saturated carbocycles. The van der Waals surface area contributed by atoms with E-state index in [0.29, 0.717) is 0 Å². The van der Waals surface area contributed by atoms with Crippen LogP contribution in [0.5, 0.6) is 0 Å². The van der Waals surface area contributed by atoms with Gasteiger partial charge in [0.1, 0.15) is 0 Å².